The third-order valence-corrected chi connectivity index (χ3v) is 4.58. The first-order valence-electron chi connectivity index (χ1n) is 8.39. The van der Waals surface area contributed by atoms with Gasteiger partial charge in [-0.1, -0.05) is 65.8 Å². The molecule has 0 saturated carbocycles. The number of hydrogen-bond acceptors (Lipinski definition) is 6. The van der Waals surface area contributed by atoms with Crippen molar-refractivity contribution in [3.63, 3.8) is 0 Å². The Morgan fingerprint density at radius 2 is 1.78 bits per heavy atom. The Morgan fingerprint density at radius 1 is 1.07 bits per heavy atom. The molecule has 2 aromatic carbocycles. The van der Waals surface area contributed by atoms with Gasteiger partial charge in [0.05, 0.1) is 12.4 Å². The number of rotatable bonds is 7. The second-order valence-corrected chi connectivity index (χ2v) is 6.85. The lowest BCUT2D eigenvalue weighted by molar-refractivity contribution is -0.139. The van der Waals surface area contributed by atoms with Gasteiger partial charge in [0.15, 0.2) is 5.16 Å². The third-order valence-electron chi connectivity index (χ3n) is 3.56. The van der Waals surface area contributed by atoms with E-state index in [1.807, 2.05) is 42.5 Å². The quantitative estimate of drug-likeness (QED) is 0.255. The number of benzene rings is 2. The van der Waals surface area contributed by atoms with Crippen molar-refractivity contribution in [3.8, 4) is 11.1 Å². The van der Waals surface area contributed by atoms with Crippen molar-refractivity contribution >= 4 is 40.8 Å². The number of nitrogens with one attached hydrogen (secondary N) is 1. The molecule has 3 rings (SSSR count). The smallest absolute Gasteiger partial charge is 0.316 e. The molecule has 27 heavy (non-hydrogen) atoms. The Hall–Kier alpha value is -2.57. The Morgan fingerprint density at radius 3 is 2.48 bits per heavy atom. The summed E-state index contributed by atoms with van der Waals surface area (Å²) in [5.74, 6) is 0.394. The van der Waals surface area contributed by atoms with Gasteiger partial charge in [0.25, 0.3) is 0 Å². The van der Waals surface area contributed by atoms with E-state index in [1.165, 1.54) is 11.8 Å². The molecule has 0 spiro atoms. The standard InChI is InChI=1S/C20H18ClN3O2S/c1-2-26-19(25)13-27-20-23-17(21)12-18(24-20)22-16-10-8-15(9-11-16)14-6-4-3-5-7-14/h3-12H,2,13H2,1H3,(H,22,23,24). The highest BCUT2D eigenvalue weighted by atomic mass is 35.5. The SMILES string of the molecule is CCOC(=O)CSc1nc(Cl)cc(Nc2ccc(-c3ccccc3)cc2)n1. The van der Waals surface area contributed by atoms with Crippen LogP contribution < -0.4 is 5.32 Å². The van der Waals surface area contributed by atoms with Gasteiger partial charge in [-0.25, -0.2) is 9.97 Å². The molecule has 0 aliphatic heterocycles. The highest BCUT2D eigenvalue weighted by Crippen LogP contribution is 2.25. The van der Waals surface area contributed by atoms with Gasteiger partial charge in [-0.3, -0.25) is 4.79 Å². The molecule has 0 unspecified atom stereocenters. The zero-order valence-corrected chi connectivity index (χ0v) is 16.3. The molecule has 0 atom stereocenters. The number of carbonyl (C=O) groups is 1. The molecule has 1 heterocycles. The summed E-state index contributed by atoms with van der Waals surface area (Å²) in [7, 11) is 0. The Bertz CT molecular complexity index is 905. The van der Waals surface area contributed by atoms with Crippen LogP contribution in [0.25, 0.3) is 11.1 Å². The van der Waals surface area contributed by atoms with E-state index in [4.69, 9.17) is 16.3 Å². The molecular weight excluding hydrogens is 382 g/mol. The van der Waals surface area contributed by atoms with Crippen LogP contribution in [-0.2, 0) is 9.53 Å². The van der Waals surface area contributed by atoms with Gasteiger partial charge in [-0.05, 0) is 30.2 Å². The summed E-state index contributed by atoms with van der Waals surface area (Å²) in [4.78, 5) is 20.0. The van der Waals surface area contributed by atoms with E-state index in [0.29, 0.717) is 22.7 Å². The zero-order valence-electron chi connectivity index (χ0n) is 14.7. The number of carbonyl (C=O) groups excluding carboxylic acids is 1. The van der Waals surface area contributed by atoms with Crippen molar-refractivity contribution in [2.24, 2.45) is 0 Å². The fourth-order valence-corrected chi connectivity index (χ4v) is 3.27. The molecule has 0 aliphatic carbocycles. The predicted octanol–water partition coefficient (Wildman–Crippen LogP) is 5.20. The van der Waals surface area contributed by atoms with Crippen LogP contribution in [0, 0.1) is 0 Å². The molecule has 1 aromatic heterocycles. The average Bonchev–Trinajstić information content (AvgIpc) is 2.68. The summed E-state index contributed by atoms with van der Waals surface area (Å²) >= 11 is 7.26. The maximum absolute atomic E-state index is 11.5. The molecule has 3 aromatic rings. The van der Waals surface area contributed by atoms with Crippen molar-refractivity contribution in [3.05, 3.63) is 65.8 Å². The summed E-state index contributed by atoms with van der Waals surface area (Å²) in [6, 6.07) is 19.8. The van der Waals surface area contributed by atoms with E-state index >= 15 is 0 Å². The number of hydrogen-bond donors (Lipinski definition) is 1. The van der Waals surface area contributed by atoms with Gasteiger partial charge in [-0.2, -0.15) is 0 Å². The topological polar surface area (TPSA) is 64.1 Å². The number of halogens is 1. The number of anilines is 2. The summed E-state index contributed by atoms with van der Waals surface area (Å²) in [6.07, 6.45) is 0. The predicted molar refractivity (Wildman–Crippen MR) is 110 cm³/mol. The minimum atomic E-state index is -0.308. The minimum Gasteiger partial charge on any atom is -0.465 e. The average molecular weight is 400 g/mol. The largest absolute Gasteiger partial charge is 0.465 e. The lowest BCUT2D eigenvalue weighted by Crippen LogP contribution is -2.07. The first-order chi connectivity index (χ1) is 13.1. The molecule has 0 fully saturated rings. The third kappa shape index (κ3) is 5.70. The van der Waals surface area contributed by atoms with Crippen molar-refractivity contribution in [2.45, 2.75) is 12.1 Å². The molecule has 138 valence electrons. The lowest BCUT2D eigenvalue weighted by Gasteiger charge is -2.09. The normalized spacial score (nSPS) is 10.4. The van der Waals surface area contributed by atoms with Crippen LogP contribution in [0.4, 0.5) is 11.5 Å². The molecule has 0 amide bonds. The fourth-order valence-electron chi connectivity index (χ4n) is 2.38. The summed E-state index contributed by atoms with van der Waals surface area (Å²) in [5, 5.41) is 3.93. The molecular formula is C20H18ClN3O2S. The Labute approximate surface area is 167 Å². The van der Waals surface area contributed by atoms with Crippen molar-refractivity contribution in [1.82, 2.24) is 9.97 Å². The van der Waals surface area contributed by atoms with E-state index in [1.54, 1.807) is 13.0 Å². The second kappa shape index (κ2) is 9.39. The van der Waals surface area contributed by atoms with Crippen LogP contribution in [0.15, 0.2) is 65.8 Å². The van der Waals surface area contributed by atoms with Crippen molar-refractivity contribution in [1.29, 1.82) is 0 Å². The van der Waals surface area contributed by atoms with E-state index in [2.05, 4.69) is 27.4 Å². The van der Waals surface area contributed by atoms with E-state index in [9.17, 15) is 4.79 Å². The minimum absolute atomic E-state index is 0.138. The van der Waals surface area contributed by atoms with Gasteiger partial charge >= 0.3 is 5.97 Å². The van der Waals surface area contributed by atoms with Gasteiger partial charge in [0.2, 0.25) is 0 Å². The van der Waals surface area contributed by atoms with E-state index in [0.717, 1.165) is 16.8 Å². The van der Waals surface area contributed by atoms with Crippen molar-refractivity contribution < 1.29 is 9.53 Å². The molecule has 0 radical (unpaired) electrons. The summed E-state index contributed by atoms with van der Waals surface area (Å²) in [6.45, 7) is 2.12. The van der Waals surface area contributed by atoms with Crippen LogP contribution in [0.2, 0.25) is 5.15 Å². The number of thioether (sulfide) groups is 1. The van der Waals surface area contributed by atoms with Crippen LogP contribution in [-0.4, -0.2) is 28.3 Å². The van der Waals surface area contributed by atoms with Crippen LogP contribution in [0.3, 0.4) is 0 Å². The maximum atomic E-state index is 11.5. The Balaban J connectivity index is 1.69. The molecule has 0 saturated heterocycles. The lowest BCUT2D eigenvalue weighted by atomic mass is 10.1. The molecule has 5 nitrogen and oxygen atoms in total. The monoisotopic (exact) mass is 399 g/mol. The van der Waals surface area contributed by atoms with Crippen LogP contribution in [0.5, 0.6) is 0 Å². The molecule has 1 N–H and O–H groups in total. The number of ether oxygens (including phenoxy) is 1. The highest BCUT2D eigenvalue weighted by Gasteiger charge is 2.09. The van der Waals surface area contributed by atoms with Gasteiger partial charge in [0, 0.05) is 11.8 Å². The molecule has 7 heteroatoms. The van der Waals surface area contributed by atoms with Crippen LogP contribution in [0.1, 0.15) is 6.92 Å². The van der Waals surface area contributed by atoms with Gasteiger partial charge in [-0.15, -0.1) is 0 Å². The fraction of sp³-hybridized carbons (Fsp3) is 0.150. The van der Waals surface area contributed by atoms with Gasteiger partial charge < -0.3 is 10.1 Å². The maximum Gasteiger partial charge on any atom is 0.316 e. The zero-order chi connectivity index (χ0) is 19.1. The number of nitrogens with zero attached hydrogens (tertiary/aromatic N) is 2. The van der Waals surface area contributed by atoms with Gasteiger partial charge in [0.1, 0.15) is 11.0 Å². The number of esters is 1. The first kappa shape index (κ1) is 19.2. The summed E-state index contributed by atoms with van der Waals surface area (Å²) in [5.41, 5.74) is 3.17. The Kier molecular flexibility index (Phi) is 6.68. The number of aromatic nitrogens is 2. The first-order valence-corrected chi connectivity index (χ1v) is 9.76. The van der Waals surface area contributed by atoms with E-state index < -0.39 is 0 Å². The van der Waals surface area contributed by atoms with Crippen LogP contribution >= 0.6 is 23.4 Å². The summed E-state index contributed by atoms with van der Waals surface area (Å²) < 4.78 is 4.90. The van der Waals surface area contributed by atoms with E-state index in [-0.39, 0.29) is 11.7 Å². The van der Waals surface area contributed by atoms with Crippen molar-refractivity contribution in [2.75, 3.05) is 17.7 Å². The second-order valence-electron chi connectivity index (χ2n) is 5.52. The molecule has 0 aliphatic rings. The highest BCUT2D eigenvalue weighted by molar-refractivity contribution is 7.99. The molecule has 0 bridgehead atoms.